The van der Waals surface area contributed by atoms with E-state index in [2.05, 4.69) is 9.88 Å². The molecule has 0 aliphatic carbocycles. The Morgan fingerprint density at radius 1 is 1.47 bits per heavy atom. The molecule has 1 amide bonds. The van der Waals surface area contributed by atoms with Gasteiger partial charge in [-0.2, -0.15) is 0 Å². The average Bonchev–Trinajstić information content (AvgIpc) is 2.67. The van der Waals surface area contributed by atoms with Gasteiger partial charge in [-0.25, -0.2) is 4.98 Å². The molecule has 0 atom stereocenters. The maximum absolute atomic E-state index is 11.4. The van der Waals surface area contributed by atoms with Crippen LogP contribution in [0.3, 0.4) is 0 Å². The first-order valence-corrected chi connectivity index (χ1v) is 7.06. The maximum Gasteiger partial charge on any atom is 0.250 e. The van der Waals surface area contributed by atoms with E-state index in [4.69, 9.17) is 10.5 Å². The van der Waals surface area contributed by atoms with Gasteiger partial charge in [0.1, 0.15) is 0 Å². The second-order valence-electron chi connectivity index (χ2n) is 5.13. The second-order valence-corrected chi connectivity index (χ2v) is 6.14. The highest BCUT2D eigenvalue weighted by Gasteiger charge is 2.51. The molecule has 1 aromatic heterocycles. The quantitative estimate of drug-likeness (QED) is 0.899. The maximum atomic E-state index is 11.4. The Labute approximate surface area is 114 Å². The molecule has 1 spiro atoms. The van der Waals surface area contributed by atoms with Crippen LogP contribution in [0.25, 0.3) is 10.2 Å². The third kappa shape index (κ3) is 1.44. The molecule has 1 aromatic carbocycles. The summed E-state index contributed by atoms with van der Waals surface area (Å²) in [6, 6.07) is 5.56. The molecule has 5 nitrogen and oxygen atoms in total. The van der Waals surface area contributed by atoms with Crippen LogP contribution in [0.1, 0.15) is 16.8 Å². The van der Waals surface area contributed by atoms with Gasteiger partial charge in [0.05, 0.1) is 34.5 Å². The normalized spacial score (nSPS) is 20.3. The number of hydrogen-bond acceptors (Lipinski definition) is 5. The van der Waals surface area contributed by atoms with Crippen LogP contribution in [0.2, 0.25) is 0 Å². The van der Waals surface area contributed by atoms with E-state index in [1.165, 1.54) is 0 Å². The number of para-hydroxylation sites is 1. The summed E-state index contributed by atoms with van der Waals surface area (Å²) < 4.78 is 6.34. The van der Waals surface area contributed by atoms with E-state index in [1.54, 1.807) is 17.4 Å². The van der Waals surface area contributed by atoms with Gasteiger partial charge in [0.15, 0.2) is 5.13 Å². The highest BCUT2D eigenvalue weighted by atomic mass is 32.1. The van der Waals surface area contributed by atoms with Gasteiger partial charge in [-0.3, -0.25) is 4.79 Å². The number of aromatic nitrogens is 1. The van der Waals surface area contributed by atoms with Crippen LogP contribution in [0, 0.1) is 0 Å². The number of nitrogens with zero attached hydrogens (tertiary/aromatic N) is 2. The molecular formula is C13H13N3O2S. The largest absolute Gasteiger partial charge is 0.376 e. The molecule has 2 aromatic rings. The fraction of sp³-hybridized carbons (Fsp3) is 0.385. The molecule has 2 aliphatic rings. The van der Waals surface area contributed by atoms with E-state index in [0.717, 1.165) is 41.5 Å². The van der Waals surface area contributed by atoms with Gasteiger partial charge in [-0.1, -0.05) is 17.4 Å². The number of primary amides is 1. The highest BCUT2D eigenvalue weighted by molar-refractivity contribution is 7.22. The van der Waals surface area contributed by atoms with Crippen LogP contribution in [0.4, 0.5) is 5.13 Å². The summed E-state index contributed by atoms with van der Waals surface area (Å²) in [6.45, 7) is 2.58. The predicted octanol–water partition coefficient (Wildman–Crippen LogP) is 1.37. The van der Waals surface area contributed by atoms with Crippen molar-refractivity contribution in [3.8, 4) is 0 Å². The minimum Gasteiger partial charge on any atom is -0.376 e. The van der Waals surface area contributed by atoms with Crippen molar-refractivity contribution in [1.82, 2.24) is 4.98 Å². The predicted molar refractivity (Wildman–Crippen MR) is 73.7 cm³/mol. The van der Waals surface area contributed by atoms with E-state index in [-0.39, 0.29) is 5.54 Å². The smallest absolute Gasteiger partial charge is 0.250 e. The third-order valence-electron chi connectivity index (χ3n) is 4.02. The van der Waals surface area contributed by atoms with Crippen LogP contribution in [-0.4, -0.2) is 36.2 Å². The van der Waals surface area contributed by atoms with Crippen LogP contribution < -0.4 is 10.6 Å². The van der Waals surface area contributed by atoms with E-state index in [1.807, 2.05) is 12.1 Å². The summed E-state index contributed by atoms with van der Waals surface area (Å²) in [5.41, 5.74) is 6.78. The Bertz CT molecular complexity index is 672. The fourth-order valence-corrected chi connectivity index (χ4v) is 3.85. The minimum absolute atomic E-state index is 0.167. The molecule has 3 heterocycles. The topological polar surface area (TPSA) is 68.5 Å². The molecule has 2 saturated heterocycles. The zero-order valence-electron chi connectivity index (χ0n) is 10.3. The SMILES string of the molecule is NC(=O)c1cccc2sc(N3CCC34COC4)nc12. The van der Waals surface area contributed by atoms with E-state index in [0.29, 0.717) is 5.56 Å². The first-order chi connectivity index (χ1) is 9.20. The van der Waals surface area contributed by atoms with Crippen LogP contribution in [0.15, 0.2) is 18.2 Å². The molecule has 4 rings (SSSR count). The number of carbonyl (C=O) groups is 1. The van der Waals surface area contributed by atoms with Crippen molar-refractivity contribution < 1.29 is 9.53 Å². The van der Waals surface area contributed by atoms with Crippen LogP contribution in [-0.2, 0) is 4.74 Å². The number of ether oxygens (including phenoxy) is 1. The molecule has 19 heavy (non-hydrogen) atoms. The summed E-state index contributed by atoms with van der Waals surface area (Å²) in [4.78, 5) is 18.3. The highest BCUT2D eigenvalue weighted by Crippen LogP contribution is 2.43. The average molecular weight is 275 g/mol. The third-order valence-corrected chi connectivity index (χ3v) is 5.06. The van der Waals surface area contributed by atoms with Crippen molar-refractivity contribution in [3.63, 3.8) is 0 Å². The molecule has 0 saturated carbocycles. The van der Waals surface area contributed by atoms with Gasteiger partial charge < -0.3 is 15.4 Å². The molecule has 0 unspecified atom stereocenters. The molecule has 0 radical (unpaired) electrons. The second kappa shape index (κ2) is 3.68. The number of thiazole rings is 1. The fourth-order valence-electron chi connectivity index (χ4n) is 2.73. The number of nitrogens with two attached hydrogens (primary N) is 1. The van der Waals surface area contributed by atoms with Crippen molar-refractivity contribution in [2.24, 2.45) is 5.73 Å². The molecule has 0 bridgehead atoms. The number of hydrogen-bond donors (Lipinski definition) is 1. The summed E-state index contributed by atoms with van der Waals surface area (Å²) in [5, 5.41) is 0.971. The van der Waals surface area contributed by atoms with Gasteiger partial charge in [0, 0.05) is 6.54 Å². The van der Waals surface area contributed by atoms with E-state index >= 15 is 0 Å². The summed E-state index contributed by atoms with van der Waals surface area (Å²) >= 11 is 1.62. The lowest BCUT2D eigenvalue weighted by Crippen LogP contribution is -2.71. The zero-order valence-corrected chi connectivity index (χ0v) is 11.1. The van der Waals surface area contributed by atoms with Crippen molar-refractivity contribution >= 4 is 32.6 Å². The molecule has 2 N–H and O–H groups in total. The van der Waals surface area contributed by atoms with Gasteiger partial charge in [0.2, 0.25) is 0 Å². The molecule has 2 aliphatic heterocycles. The van der Waals surface area contributed by atoms with Crippen molar-refractivity contribution in [2.75, 3.05) is 24.7 Å². The Morgan fingerprint density at radius 3 is 2.89 bits per heavy atom. The molecule has 6 heteroatoms. The number of carbonyl (C=O) groups excluding carboxylic acids is 1. The van der Waals surface area contributed by atoms with Gasteiger partial charge >= 0.3 is 0 Å². The monoisotopic (exact) mass is 275 g/mol. The summed E-state index contributed by atoms with van der Waals surface area (Å²) in [7, 11) is 0. The molecule has 98 valence electrons. The number of fused-ring (bicyclic) bond motifs is 1. The molecular weight excluding hydrogens is 262 g/mol. The lowest BCUT2D eigenvalue weighted by molar-refractivity contribution is -0.0847. The van der Waals surface area contributed by atoms with E-state index in [9.17, 15) is 4.79 Å². The summed E-state index contributed by atoms with van der Waals surface area (Å²) in [5.74, 6) is -0.423. The van der Waals surface area contributed by atoms with Crippen molar-refractivity contribution in [1.29, 1.82) is 0 Å². The van der Waals surface area contributed by atoms with Gasteiger partial charge in [0.25, 0.3) is 5.91 Å². The van der Waals surface area contributed by atoms with Crippen LogP contribution in [0.5, 0.6) is 0 Å². The number of benzene rings is 1. The van der Waals surface area contributed by atoms with Gasteiger partial charge in [-0.15, -0.1) is 0 Å². The number of anilines is 1. The number of amides is 1. The molecule has 2 fully saturated rings. The van der Waals surface area contributed by atoms with Crippen LogP contribution >= 0.6 is 11.3 Å². The Morgan fingerprint density at radius 2 is 2.32 bits per heavy atom. The van der Waals surface area contributed by atoms with E-state index < -0.39 is 5.91 Å². The first kappa shape index (κ1) is 11.2. The Hall–Kier alpha value is -1.66. The minimum atomic E-state index is -0.423. The van der Waals surface area contributed by atoms with Crippen molar-refractivity contribution in [3.05, 3.63) is 23.8 Å². The zero-order chi connectivity index (χ0) is 13.0. The van der Waals surface area contributed by atoms with Crippen molar-refractivity contribution in [2.45, 2.75) is 12.0 Å². The Balaban J connectivity index is 1.80. The number of rotatable bonds is 2. The Kier molecular flexibility index (Phi) is 2.17. The summed E-state index contributed by atoms with van der Waals surface area (Å²) in [6.07, 6.45) is 1.16. The lowest BCUT2D eigenvalue weighted by Gasteiger charge is -2.57. The van der Waals surface area contributed by atoms with Gasteiger partial charge in [-0.05, 0) is 18.6 Å². The standard InChI is InChI=1S/C13H13N3O2S/c14-11(17)8-2-1-3-9-10(8)15-12(19-9)16-5-4-13(16)6-18-7-13/h1-3H,4-7H2,(H2,14,17). The lowest BCUT2D eigenvalue weighted by atomic mass is 9.83. The first-order valence-electron chi connectivity index (χ1n) is 6.24.